The summed E-state index contributed by atoms with van der Waals surface area (Å²) in [6.07, 6.45) is -0.232. The van der Waals surface area contributed by atoms with Crippen LogP contribution in [-0.4, -0.2) is 44.4 Å². The number of aromatic nitrogens is 3. The number of esters is 1. The largest absolute Gasteiger partial charge is 0.459 e. The van der Waals surface area contributed by atoms with Gasteiger partial charge in [0.1, 0.15) is 0 Å². The van der Waals surface area contributed by atoms with Crippen LogP contribution < -0.4 is 10.6 Å². The predicted molar refractivity (Wildman–Crippen MR) is 148 cm³/mol. The van der Waals surface area contributed by atoms with Gasteiger partial charge >= 0.3 is 5.97 Å². The number of amides is 2. The number of anilines is 1. The second-order valence-corrected chi connectivity index (χ2v) is 10.5. The van der Waals surface area contributed by atoms with Gasteiger partial charge in [-0.05, 0) is 63.9 Å². The van der Waals surface area contributed by atoms with E-state index in [1.165, 1.54) is 11.8 Å². The van der Waals surface area contributed by atoms with Crippen LogP contribution in [0.5, 0.6) is 0 Å². The Kier molecular flexibility index (Phi) is 10.1. The van der Waals surface area contributed by atoms with E-state index in [0.29, 0.717) is 34.3 Å². The third-order valence-electron chi connectivity index (χ3n) is 5.63. The van der Waals surface area contributed by atoms with Gasteiger partial charge in [0.05, 0.1) is 23.5 Å². The van der Waals surface area contributed by atoms with Crippen molar-refractivity contribution in [1.29, 1.82) is 0 Å². The number of nitrogens with one attached hydrogen (secondary N) is 2. The third-order valence-corrected chi connectivity index (χ3v) is 6.60. The highest BCUT2D eigenvalue weighted by Gasteiger charge is 2.26. The standard InChI is InChI=1S/C28H35N5O4S/c1-7-33-25(24(17(2)3)30-26(35)20-11-8-10-19(6)14-20)31-32-28(33)38-16-23(34)29-22-13-9-12-21(15-22)27(36)37-18(4)5/h8-15,17-18,24H,7,16H2,1-6H3,(H,29,34)(H,30,35)/t24-/m0/s1. The van der Waals surface area contributed by atoms with E-state index in [1.54, 1.807) is 44.2 Å². The summed E-state index contributed by atoms with van der Waals surface area (Å²) in [6, 6.07) is 13.7. The van der Waals surface area contributed by atoms with Crippen molar-refractivity contribution < 1.29 is 19.1 Å². The number of rotatable bonds is 11. The second-order valence-electron chi connectivity index (χ2n) is 9.52. The lowest BCUT2D eigenvalue weighted by atomic mass is 10.0. The molecule has 0 aliphatic heterocycles. The zero-order chi connectivity index (χ0) is 27.8. The molecule has 0 saturated heterocycles. The minimum absolute atomic E-state index is 0.0640. The van der Waals surface area contributed by atoms with Crippen LogP contribution in [0.1, 0.15) is 72.8 Å². The first-order chi connectivity index (χ1) is 18.1. The van der Waals surface area contributed by atoms with E-state index in [1.807, 2.05) is 50.5 Å². The van der Waals surface area contributed by atoms with Crippen molar-refractivity contribution in [2.75, 3.05) is 11.1 Å². The number of hydrogen-bond acceptors (Lipinski definition) is 7. The molecule has 2 amide bonds. The van der Waals surface area contributed by atoms with Gasteiger partial charge in [0.15, 0.2) is 11.0 Å². The average Bonchev–Trinajstić information content (AvgIpc) is 3.28. The SMILES string of the molecule is CCn1c(SCC(=O)Nc2cccc(C(=O)OC(C)C)c2)nnc1[C@@H](NC(=O)c1cccc(C)c1)C(C)C. The Bertz CT molecular complexity index is 1290. The summed E-state index contributed by atoms with van der Waals surface area (Å²) in [5.74, 6) is -0.0585. The van der Waals surface area contributed by atoms with Crippen LogP contribution in [0.3, 0.4) is 0 Å². The average molecular weight is 538 g/mol. The molecule has 1 atom stereocenters. The maximum atomic E-state index is 12.9. The summed E-state index contributed by atoms with van der Waals surface area (Å²) in [5.41, 5.74) is 2.47. The number of carbonyl (C=O) groups is 3. The van der Waals surface area contributed by atoms with Crippen molar-refractivity contribution in [3.8, 4) is 0 Å². The van der Waals surface area contributed by atoms with Crippen molar-refractivity contribution in [1.82, 2.24) is 20.1 Å². The number of hydrogen-bond donors (Lipinski definition) is 2. The Morgan fingerprint density at radius 2 is 1.71 bits per heavy atom. The molecule has 0 spiro atoms. The van der Waals surface area contributed by atoms with Crippen molar-refractivity contribution in [2.45, 2.75) is 65.4 Å². The first-order valence-electron chi connectivity index (χ1n) is 12.6. The fourth-order valence-corrected chi connectivity index (χ4v) is 4.62. The predicted octanol–water partition coefficient (Wildman–Crippen LogP) is 5.03. The molecule has 3 aromatic rings. The van der Waals surface area contributed by atoms with Gasteiger partial charge in [-0.1, -0.05) is 49.4 Å². The van der Waals surface area contributed by atoms with E-state index in [2.05, 4.69) is 20.8 Å². The van der Waals surface area contributed by atoms with Crippen molar-refractivity contribution >= 4 is 35.2 Å². The molecule has 0 aliphatic rings. The summed E-state index contributed by atoms with van der Waals surface area (Å²) in [6.45, 7) is 12.1. The highest BCUT2D eigenvalue weighted by Crippen LogP contribution is 2.26. The minimum Gasteiger partial charge on any atom is -0.459 e. The molecular formula is C28H35N5O4S. The zero-order valence-corrected chi connectivity index (χ0v) is 23.5. The normalized spacial score (nSPS) is 11.9. The zero-order valence-electron chi connectivity index (χ0n) is 22.6. The van der Waals surface area contributed by atoms with Crippen LogP contribution in [0, 0.1) is 12.8 Å². The molecule has 0 radical (unpaired) electrons. The van der Waals surface area contributed by atoms with Gasteiger partial charge in [-0.2, -0.15) is 0 Å². The molecule has 2 aromatic carbocycles. The molecule has 0 fully saturated rings. The molecule has 0 unspecified atom stereocenters. The van der Waals surface area contributed by atoms with Crippen LogP contribution in [0.2, 0.25) is 0 Å². The Labute approximate surface area is 227 Å². The third kappa shape index (κ3) is 7.67. The Balaban J connectivity index is 1.68. The number of carbonyl (C=O) groups excluding carboxylic acids is 3. The van der Waals surface area contributed by atoms with E-state index in [4.69, 9.17) is 4.74 Å². The summed E-state index contributed by atoms with van der Waals surface area (Å²) in [4.78, 5) is 37.8. The molecule has 0 saturated carbocycles. The summed E-state index contributed by atoms with van der Waals surface area (Å²) >= 11 is 1.26. The quantitative estimate of drug-likeness (QED) is 0.260. The molecule has 9 nitrogen and oxygen atoms in total. The molecule has 2 N–H and O–H groups in total. The maximum Gasteiger partial charge on any atom is 0.338 e. The number of aryl methyl sites for hydroxylation is 1. The molecule has 1 heterocycles. The molecule has 0 aliphatic carbocycles. The first kappa shape index (κ1) is 28.9. The Hall–Kier alpha value is -3.66. The van der Waals surface area contributed by atoms with E-state index in [9.17, 15) is 14.4 Å². The van der Waals surface area contributed by atoms with Crippen LogP contribution in [-0.2, 0) is 16.1 Å². The number of thioether (sulfide) groups is 1. The molecule has 0 bridgehead atoms. The van der Waals surface area contributed by atoms with E-state index in [-0.39, 0.29) is 35.6 Å². The number of benzene rings is 2. The van der Waals surface area contributed by atoms with Crippen LogP contribution in [0.25, 0.3) is 0 Å². The monoisotopic (exact) mass is 537 g/mol. The van der Waals surface area contributed by atoms with Gasteiger partial charge in [0, 0.05) is 17.8 Å². The van der Waals surface area contributed by atoms with Crippen molar-refractivity contribution in [3.63, 3.8) is 0 Å². The topological polar surface area (TPSA) is 115 Å². The van der Waals surface area contributed by atoms with Crippen molar-refractivity contribution in [3.05, 3.63) is 71.0 Å². The molecular weight excluding hydrogens is 502 g/mol. The summed E-state index contributed by atoms with van der Waals surface area (Å²) in [7, 11) is 0. The maximum absolute atomic E-state index is 12.9. The van der Waals surface area contributed by atoms with Crippen molar-refractivity contribution in [2.24, 2.45) is 5.92 Å². The van der Waals surface area contributed by atoms with E-state index < -0.39 is 5.97 Å². The lowest BCUT2D eigenvalue weighted by Crippen LogP contribution is -2.33. The number of ether oxygens (including phenoxy) is 1. The van der Waals surface area contributed by atoms with Crippen LogP contribution >= 0.6 is 11.8 Å². The lowest BCUT2D eigenvalue weighted by molar-refractivity contribution is -0.113. The minimum atomic E-state index is -0.441. The highest BCUT2D eigenvalue weighted by atomic mass is 32.2. The molecule has 10 heteroatoms. The van der Waals surface area contributed by atoms with Crippen LogP contribution in [0.15, 0.2) is 53.7 Å². The molecule has 202 valence electrons. The van der Waals surface area contributed by atoms with Gasteiger partial charge < -0.3 is 19.9 Å². The van der Waals surface area contributed by atoms with Gasteiger partial charge in [0.2, 0.25) is 5.91 Å². The second kappa shape index (κ2) is 13.2. The highest BCUT2D eigenvalue weighted by molar-refractivity contribution is 7.99. The molecule has 3 rings (SSSR count). The van der Waals surface area contributed by atoms with Gasteiger partial charge in [-0.15, -0.1) is 10.2 Å². The number of nitrogens with zero attached hydrogens (tertiary/aromatic N) is 3. The fraction of sp³-hybridized carbons (Fsp3) is 0.393. The van der Waals surface area contributed by atoms with Gasteiger partial charge in [-0.25, -0.2) is 4.79 Å². The summed E-state index contributed by atoms with van der Waals surface area (Å²) < 4.78 is 7.14. The molecule has 38 heavy (non-hydrogen) atoms. The first-order valence-corrected chi connectivity index (χ1v) is 13.6. The lowest BCUT2D eigenvalue weighted by Gasteiger charge is -2.22. The smallest absolute Gasteiger partial charge is 0.338 e. The summed E-state index contributed by atoms with van der Waals surface area (Å²) in [5, 5.41) is 15.2. The van der Waals surface area contributed by atoms with Crippen LogP contribution in [0.4, 0.5) is 5.69 Å². The van der Waals surface area contributed by atoms with E-state index >= 15 is 0 Å². The molecule has 1 aromatic heterocycles. The Morgan fingerprint density at radius 1 is 1.00 bits per heavy atom. The van der Waals surface area contributed by atoms with Gasteiger partial charge in [0.25, 0.3) is 5.91 Å². The Morgan fingerprint density at radius 3 is 2.37 bits per heavy atom. The van der Waals surface area contributed by atoms with Gasteiger partial charge in [-0.3, -0.25) is 9.59 Å². The van der Waals surface area contributed by atoms with E-state index in [0.717, 1.165) is 5.56 Å². The fourth-order valence-electron chi connectivity index (χ4n) is 3.81.